The Balaban J connectivity index is 3.24. The van der Waals surface area contributed by atoms with Gasteiger partial charge in [0, 0.05) is 0 Å². The summed E-state index contributed by atoms with van der Waals surface area (Å²) in [5, 5.41) is 3.23. The first-order valence-corrected chi connectivity index (χ1v) is 14.0. The van der Waals surface area contributed by atoms with Crippen molar-refractivity contribution in [2.24, 2.45) is 0 Å². The van der Waals surface area contributed by atoms with Crippen molar-refractivity contribution in [3.63, 3.8) is 0 Å². The Labute approximate surface area is 176 Å². The van der Waals surface area contributed by atoms with Crippen LogP contribution in [0.5, 0.6) is 0 Å². The minimum atomic E-state index is -2.92. The molecular weight excluding hydrogens is 369 g/mol. The summed E-state index contributed by atoms with van der Waals surface area (Å²) in [4.78, 5) is 0. The lowest BCUT2D eigenvalue weighted by Crippen LogP contribution is -2.19. The third kappa shape index (κ3) is 19.4. The van der Waals surface area contributed by atoms with Crippen molar-refractivity contribution in [1.29, 1.82) is 0 Å². The summed E-state index contributed by atoms with van der Waals surface area (Å²) in [6.07, 6.45) is 22.4. The number of rotatable bonds is 23. The lowest BCUT2D eigenvalue weighted by molar-refractivity contribution is 0.218. The molecule has 0 rings (SSSR count). The number of hydrogen-bond donors (Lipinski definition) is 1. The van der Waals surface area contributed by atoms with Gasteiger partial charge in [-0.05, 0) is 26.8 Å². The van der Waals surface area contributed by atoms with Crippen molar-refractivity contribution >= 4 is 7.60 Å². The van der Waals surface area contributed by atoms with Crippen molar-refractivity contribution in [2.75, 3.05) is 26.0 Å². The maximum atomic E-state index is 12.3. The molecule has 0 saturated heterocycles. The predicted molar refractivity (Wildman–Crippen MR) is 123 cm³/mol. The van der Waals surface area contributed by atoms with Crippen molar-refractivity contribution in [1.82, 2.24) is 5.32 Å². The fourth-order valence-corrected chi connectivity index (χ4v) is 5.01. The zero-order chi connectivity index (χ0) is 20.8. The van der Waals surface area contributed by atoms with Gasteiger partial charge in [0.15, 0.2) is 0 Å². The maximum Gasteiger partial charge on any atom is 0.344 e. The molecule has 0 saturated carbocycles. The van der Waals surface area contributed by atoms with Crippen LogP contribution in [0.25, 0.3) is 0 Å². The Kier molecular flexibility index (Phi) is 21.9. The topological polar surface area (TPSA) is 47.6 Å². The quantitative estimate of drug-likeness (QED) is 0.134. The minimum Gasteiger partial charge on any atom is -0.308 e. The van der Waals surface area contributed by atoms with E-state index >= 15 is 0 Å². The molecule has 0 spiro atoms. The van der Waals surface area contributed by atoms with E-state index in [4.69, 9.17) is 9.05 Å². The first kappa shape index (κ1) is 28.1. The van der Waals surface area contributed by atoms with E-state index in [1.807, 2.05) is 13.8 Å². The number of unbranched alkanes of at least 4 members (excludes halogenated alkanes) is 15. The van der Waals surface area contributed by atoms with E-state index in [9.17, 15) is 4.57 Å². The van der Waals surface area contributed by atoms with Crippen LogP contribution < -0.4 is 5.32 Å². The molecule has 5 heteroatoms. The maximum absolute atomic E-state index is 12.3. The second kappa shape index (κ2) is 21.8. The molecule has 0 aromatic carbocycles. The van der Waals surface area contributed by atoms with Crippen LogP contribution in [0.3, 0.4) is 0 Å². The first-order valence-electron chi connectivity index (χ1n) is 12.3. The van der Waals surface area contributed by atoms with E-state index < -0.39 is 7.60 Å². The van der Waals surface area contributed by atoms with Gasteiger partial charge in [-0.2, -0.15) is 0 Å². The van der Waals surface area contributed by atoms with Crippen molar-refractivity contribution in [3.8, 4) is 0 Å². The van der Waals surface area contributed by atoms with Gasteiger partial charge in [0.1, 0.15) is 0 Å². The fourth-order valence-electron chi connectivity index (χ4n) is 3.54. The second-order valence-electron chi connectivity index (χ2n) is 7.91. The molecule has 0 aromatic heterocycles. The van der Waals surface area contributed by atoms with Crippen LogP contribution in [0.2, 0.25) is 0 Å². The highest BCUT2D eigenvalue weighted by Gasteiger charge is 2.22. The molecule has 0 aliphatic carbocycles. The zero-order valence-electron chi connectivity index (χ0n) is 19.3. The number of nitrogens with one attached hydrogen (secondary N) is 1. The van der Waals surface area contributed by atoms with Crippen LogP contribution in [-0.4, -0.2) is 26.0 Å². The largest absolute Gasteiger partial charge is 0.344 e. The van der Waals surface area contributed by atoms with E-state index in [1.165, 1.54) is 96.3 Å². The van der Waals surface area contributed by atoms with Crippen molar-refractivity contribution < 1.29 is 13.6 Å². The number of hydrogen-bond acceptors (Lipinski definition) is 4. The molecule has 170 valence electrons. The molecule has 0 aromatic rings. The highest BCUT2D eigenvalue weighted by molar-refractivity contribution is 7.53. The Bertz CT molecular complexity index is 343. The average molecular weight is 420 g/mol. The lowest BCUT2D eigenvalue weighted by Gasteiger charge is -2.17. The van der Waals surface area contributed by atoms with Crippen molar-refractivity contribution in [2.45, 2.75) is 124 Å². The minimum absolute atomic E-state index is 0.327. The fraction of sp³-hybridized carbons (Fsp3) is 1.00. The average Bonchev–Trinajstić information content (AvgIpc) is 2.67. The molecule has 0 bridgehead atoms. The van der Waals surface area contributed by atoms with Gasteiger partial charge in [0.05, 0.1) is 19.5 Å². The summed E-state index contributed by atoms with van der Waals surface area (Å²) in [6.45, 7) is 7.73. The lowest BCUT2D eigenvalue weighted by atomic mass is 10.0. The highest BCUT2D eigenvalue weighted by Crippen LogP contribution is 2.46. The molecule has 28 heavy (non-hydrogen) atoms. The summed E-state index contributed by atoms with van der Waals surface area (Å²) < 4.78 is 22.8. The van der Waals surface area contributed by atoms with Gasteiger partial charge < -0.3 is 14.4 Å². The van der Waals surface area contributed by atoms with Crippen molar-refractivity contribution in [3.05, 3.63) is 0 Å². The molecule has 0 heterocycles. The predicted octanol–water partition coefficient (Wildman–Crippen LogP) is 8.06. The third-order valence-electron chi connectivity index (χ3n) is 5.16. The summed E-state index contributed by atoms with van der Waals surface area (Å²) >= 11 is 0. The SMILES string of the molecule is CCCCCCCCCCCCCCCCCCNCP(=O)(OCC)OCC. The van der Waals surface area contributed by atoms with Gasteiger partial charge >= 0.3 is 7.60 Å². The molecule has 4 nitrogen and oxygen atoms in total. The standard InChI is InChI=1S/C23H50NO3P/c1-4-7-8-9-10-11-12-13-14-15-16-17-18-19-20-21-22-24-23-28(25,26-5-2)27-6-3/h24H,4-23H2,1-3H3. The Morgan fingerprint density at radius 3 is 1.29 bits per heavy atom. The summed E-state index contributed by atoms with van der Waals surface area (Å²) in [6, 6.07) is 0. The zero-order valence-corrected chi connectivity index (χ0v) is 20.2. The molecule has 0 amide bonds. The van der Waals surface area contributed by atoms with Gasteiger partial charge in [-0.25, -0.2) is 0 Å². The molecule has 1 N–H and O–H groups in total. The Morgan fingerprint density at radius 2 is 0.929 bits per heavy atom. The normalized spacial score (nSPS) is 12.0. The second-order valence-corrected chi connectivity index (χ2v) is 9.96. The Hall–Kier alpha value is 0.110. The van der Waals surface area contributed by atoms with Gasteiger partial charge in [-0.3, -0.25) is 4.57 Å². The van der Waals surface area contributed by atoms with E-state index in [1.54, 1.807) is 0 Å². The monoisotopic (exact) mass is 419 g/mol. The molecule has 0 aliphatic heterocycles. The van der Waals surface area contributed by atoms with Crippen LogP contribution in [0.15, 0.2) is 0 Å². The van der Waals surface area contributed by atoms with Gasteiger partial charge in [0.2, 0.25) is 0 Å². The smallest absolute Gasteiger partial charge is 0.308 e. The van der Waals surface area contributed by atoms with Gasteiger partial charge in [0.25, 0.3) is 0 Å². The van der Waals surface area contributed by atoms with E-state index in [2.05, 4.69) is 12.2 Å². The third-order valence-corrected chi connectivity index (χ3v) is 7.08. The molecule has 0 fully saturated rings. The van der Waals surface area contributed by atoms with Crippen LogP contribution in [0, 0.1) is 0 Å². The highest BCUT2D eigenvalue weighted by atomic mass is 31.2. The van der Waals surface area contributed by atoms with E-state index in [0.29, 0.717) is 19.5 Å². The summed E-state index contributed by atoms with van der Waals surface area (Å²) in [7, 11) is -2.92. The summed E-state index contributed by atoms with van der Waals surface area (Å²) in [5.41, 5.74) is 0. The first-order chi connectivity index (χ1) is 13.7. The van der Waals surface area contributed by atoms with E-state index in [-0.39, 0.29) is 0 Å². The molecule has 0 atom stereocenters. The summed E-state index contributed by atoms with van der Waals surface area (Å²) in [5.74, 6) is 0. The van der Waals surface area contributed by atoms with Crippen LogP contribution in [-0.2, 0) is 13.6 Å². The molecule has 0 unspecified atom stereocenters. The van der Waals surface area contributed by atoms with Gasteiger partial charge in [-0.15, -0.1) is 0 Å². The molecule has 0 aliphatic rings. The molecule has 0 radical (unpaired) electrons. The van der Waals surface area contributed by atoms with Gasteiger partial charge in [-0.1, -0.05) is 103 Å². The molecular formula is C23H50NO3P. The van der Waals surface area contributed by atoms with Crippen LogP contribution >= 0.6 is 7.60 Å². The van der Waals surface area contributed by atoms with Crippen LogP contribution in [0.1, 0.15) is 124 Å². The van der Waals surface area contributed by atoms with E-state index in [0.717, 1.165) is 13.0 Å². The Morgan fingerprint density at radius 1 is 0.571 bits per heavy atom. The van der Waals surface area contributed by atoms with Crippen LogP contribution in [0.4, 0.5) is 0 Å².